The molecular weight excluding hydrogens is 452 g/mol. The van der Waals surface area contributed by atoms with E-state index in [0.29, 0.717) is 27.7 Å². The van der Waals surface area contributed by atoms with Crippen LogP contribution < -0.4 is 16.0 Å². The van der Waals surface area contributed by atoms with Crippen LogP contribution >= 0.6 is 11.6 Å². The first kappa shape index (κ1) is 23.4. The second-order valence-electron chi connectivity index (χ2n) is 8.28. The fourth-order valence-electron chi connectivity index (χ4n) is 3.81. The molecule has 4 rings (SSSR count). The fourth-order valence-corrected chi connectivity index (χ4v) is 3.98. The Morgan fingerprint density at radius 3 is 2.32 bits per heavy atom. The van der Waals surface area contributed by atoms with Crippen LogP contribution in [-0.2, 0) is 16.1 Å². The molecule has 34 heavy (non-hydrogen) atoms. The van der Waals surface area contributed by atoms with Crippen molar-refractivity contribution in [2.75, 3.05) is 36.6 Å². The van der Waals surface area contributed by atoms with E-state index < -0.39 is 5.97 Å². The van der Waals surface area contributed by atoms with Crippen molar-refractivity contribution < 1.29 is 14.7 Å². The van der Waals surface area contributed by atoms with Crippen molar-refractivity contribution in [2.24, 2.45) is 0 Å². The normalized spacial score (nSPS) is 13.9. The number of nitrogens with one attached hydrogen (secondary N) is 3. The molecule has 8 heteroatoms. The van der Waals surface area contributed by atoms with Gasteiger partial charge in [0.15, 0.2) is 0 Å². The molecule has 1 aliphatic rings. The lowest BCUT2D eigenvalue weighted by molar-refractivity contribution is -0.134. The van der Waals surface area contributed by atoms with E-state index in [-0.39, 0.29) is 12.5 Å². The Morgan fingerprint density at radius 1 is 1.00 bits per heavy atom. The number of benzene rings is 3. The largest absolute Gasteiger partial charge is 0.480 e. The van der Waals surface area contributed by atoms with Gasteiger partial charge in [0.25, 0.3) is 5.91 Å². The summed E-state index contributed by atoms with van der Waals surface area (Å²) in [6.45, 7) is 0.650. The standard InChI is InChI=1S/C26H25ClN4O3/c1-31(2)15-16-3-8-20(9-4-16)29-25(17-5-10-19(11-6-17)28-14-23(32)33)24-21-12-7-18(27)13-22(21)30-26(24)34/h3-13,28-29H,14-15H2,1-2H3,(H,30,34)(H,32,33)/b25-24-. The number of carboxylic acids is 1. The highest BCUT2D eigenvalue weighted by atomic mass is 35.5. The molecule has 7 nitrogen and oxygen atoms in total. The minimum absolute atomic E-state index is 0.179. The first-order valence-electron chi connectivity index (χ1n) is 10.7. The summed E-state index contributed by atoms with van der Waals surface area (Å²) in [6, 6.07) is 20.7. The third kappa shape index (κ3) is 5.39. The lowest BCUT2D eigenvalue weighted by Gasteiger charge is -2.16. The maximum atomic E-state index is 13.0. The molecule has 0 spiro atoms. The highest BCUT2D eigenvalue weighted by molar-refractivity contribution is 6.38. The highest BCUT2D eigenvalue weighted by Gasteiger charge is 2.28. The third-order valence-corrected chi connectivity index (χ3v) is 5.55. The summed E-state index contributed by atoms with van der Waals surface area (Å²) in [6.07, 6.45) is 0. The molecule has 0 saturated heterocycles. The Morgan fingerprint density at radius 2 is 1.68 bits per heavy atom. The Hall–Kier alpha value is -3.81. The molecule has 4 N–H and O–H groups in total. The first-order chi connectivity index (χ1) is 16.3. The smallest absolute Gasteiger partial charge is 0.322 e. The Labute approximate surface area is 203 Å². The van der Waals surface area contributed by atoms with Crippen LogP contribution in [-0.4, -0.2) is 42.5 Å². The van der Waals surface area contributed by atoms with E-state index in [1.807, 2.05) is 56.6 Å². The average molecular weight is 477 g/mol. The molecule has 0 radical (unpaired) electrons. The van der Waals surface area contributed by atoms with E-state index >= 15 is 0 Å². The molecule has 1 aliphatic heterocycles. The van der Waals surface area contributed by atoms with Crippen LogP contribution in [0.2, 0.25) is 5.02 Å². The molecule has 1 amide bonds. The van der Waals surface area contributed by atoms with Gasteiger partial charge in [-0.2, -0.15) is 0 Å². The van der Waals surface area contributed by atoms with Gasteiger partial charge < -0.3 is 26.0 Å². The van der Waals surface area contributed by atoms with Crippen molar-refractivity contribution in [2.45, 2.75) is 6.54 Å². The van der Waals surface area contributed by atoms with Crippen molar-refractivity contribution in [1.29, 1.82) is 0 Å². The van der Waals surface area contributed by atoms with Crippen LogP contribution in [0.1, 0.15) is 16.7 Å². The van der Waals surface area contributed by atoms with Crippen LogP contribution in [0.15, 0.2) is 66.7 Å². The Bertz CT molecular complexity index is 1250. The number of rotatable bonds is 8. The van der Waals surface area contributed by atoms with E-state index in [1.54, 1.807) is 24.3 Å². The minimum atomic E-state index is -0.941. The van der Waals surface area contributed by atoms with Crippen molar-refractivity contribution >= 4 is 51.8 Å². The number of amides is 1. The molecule has 0 atom stereocenters. The van der Waals surface area contributed by atoms with Gasteiger partial charge in [0.1, 0.15) is 6.54 Å². The Kier molecular flexibility index (Phi) is 6.86. The zero-order valence-corrected chi connectivity index (χ0v) is 19.6. The average Bonchev–Trinajstić information content (AvgIpc) is 3.11. The van der Waals surface area contributed by atoms with Gasteiger partial charge >= 0.3 is 5.97 Å². The van der Waals surface area contributed by atoms with Gasteiger partial charge in [0.05, 0.1) is 17.0 Å². The predicted molar refractivity (Wildman–Crippen MR) is 137 cm³/mol. The van der Waals surface area contributed by atoms with Crippen LogP contribution in [0.4, 0.5) is 17.1 Å². The minimum Gasteiger partial charge on any atom is -0.480 e. The number of halogens is 1. The predicted octanol–water partition coefficient (Wildman–Crippen LogP) is 4.83. The molecular formula is C26H25ClN4O3. The van der Waals surface area contributed by atoms with E-state index in [4.69, 9.17) is 16.7 Å². The number of anilines is 3. The first-order valence-corrected chi connectivity index (χ1v) is 11.1. The molecule has 174 valence electrons. The number of carboxylic acid groups (broad SMARTS) is 1. The SMILES string of the molecule is CN(C)Cc1ccc(N/C(=C2\C(=O)Nc3cc(Cl)ccc32)c2ccc(NCC(=O)O)cc2)cc1. The molecule has 0 fully saturated rings. The van der Waals surface area contributed by atoms with Crippen LogP contribution in [0.5, 0.6) is 0 Å². The number of aliphatic carboxylic acids is 1. The number of hydrogen-bond acceptors (Lipinski definition) is 5. The monoisotopic (exact) mass is 476 g/mol. The van der Waals surface area contributed by atoms with E-state index in [0.717, 1.165) is 23.4 Å². The topological polar surface area (TPSA) is 93.7 Å². The van der Waals surface area contributed by atoms with E-state index in [9.17, 15) is 9.59 Å². The number of carbonyl (C=O) groups excluding carboxylic acids is 1. The lowest BCUT2D eigenvalue weighted by atomic mass is 9.99. The van der Waals surface area contributed by atoms with Gasteiger partial charge in [0.2, 0.25) is 0 Å². The van der Waals surface area contributed by atoms with Crippen LogP contribution in [0, 0.1) is 0 Å². The fraction of sp³-hybridized carbons (Fsp3) is 0.154. The van der Waals surface area contributed by atoms with Crippen LogP contribution in [0.25, 0.3) is 11.3 Å². The summed E-state index contributed by atoms with van der Waals surface area (Å²) >= 11 is 6.13. The molecule has 0 bridgehead atoms. The van der Waals surface area contributed by atoms with Crippen molar-refractivity contribution in [3.8, 4) is 0 Å². The van der Waals surface area contributed by atoms with Gasteiger partial charge in [-0.15, -0.1) is 0 Å². The second kappa shape index (κ2) is 9.99. The molecule has 0 unspecified atom stereocenters. The van der Waals surface area contributed by atoms with Crippen molar-refractivity contribution in [3.05, 3.63) is 88.4 Å². The molecule has 3 aromatic carbocycles. The van der Waals surface area contributed by atoms with Gasteiger partial charge in [-0.25, -0.2) is 0 Å². The third-order valence-electron chi connectivity index (χ3n) is 5.32. The summed E-state index contributed by atoms with van der Waals surface area (Å²) in [5, 5.41) is 18.6. The summed E-state index contributed by atoms with van der Waals surface area (Å²) in [5.41, 5.74) is 6.05. The molecule has 0 aromatic heterocycles. The molecule has 1 heterocycles. The van der Waals surface area contributed by atoms with Gasteiger partial charge in [-0.3, -0.25) is 9.59 Å². The van der Waals surface area contributed by atoms with Crippen LogP contribution in [0.3, 0.4) is 0 Å². The summed E-state index contributed by atoms with van der Waals surface area (Å²) in [4.78, 5) is 26.0. The molecule has 3 aromatic rings. The maximum absolute atomic E-state index is 13.0. The number of nitrogens with zero attached hydrogens (tertiary/aromatic N) is 1. The lowest BCUT2D eigenvalue weighted by Crippen LogP contribution is -2.12. The van der Waals surface area contributed by atoms with E-state index in [2.05, 4.69) is 20.9 Å². The number of hydrogen-bond donors (Lipinski definition) is 4. The number of fused-ring (bicyclic) bond motifs is 1. The van der Waals surface area contributed by atoms with Gasteiger partial charge in [-0.1, -0.05) is 41.9 Å². The Balaban J connectivity index is 1.74. The molecule has 0 aliphatic carbocycles. The maximum Gasteiger partial charge on any atom is 0.322 e. The van der Waals surface area contributed by atoms with Gasteiger partial charge in [0, 0.05) is 28.5 Å². The zero-order chi connectivity index (χ0) is 24.2. The van der Waals surface area contributed by atoms with Gasteiger partial charge in [-0.05, 0) is 61.6 Å². The number of carbonyl (C=O) groups is 2. The van der Waals surface area contributed by atoms with Crippen molar-refractivity contribution in [1.82, 2.24) is 4.90 Å². The zero-order valence-electron chi connectivity index (χ0n) is 18.9. The van der Waals surface area contributed by atoms with E-state index in [1.165, 1.54) is 5.56 Å². The highest BCUT2D eigenvalue weighted by Crippen LogP contribution is 2.39. The van der Waals surface area contributed by atoms with Crippen molar-refractivity contribution in [3.63, 3.8) is 0 Å². The second-order valence-corrected chi connectivity index (χ2v) is 8.71. The summed E-state index contributed by atoms with van der Waals surface area (Å²) < 4.78 is 0. The summed E-state index contributed by atoms with van der Waals surface area (Å²) in [7, 11) is 4.04. The summed E-state index contributed by atoms with van der Waals surface area (Å²) in [5.74, 6) is -1.17. The molecule has 0 saturated carbocycles. The quantitative estimate of drug-likeness (QED) is 0.348.